The molecule has 1 aromatic heterocycles. The molecule has 1 aliphatic heterocycles. The standard InChI is InChI=1S/C22H24N4O5S/c1-26-14-19(18-9-2-3-10-20(18)26)22(28)25-24-21(27)15-6-4-8-17(12-15)32(29,30)23-13-16-7-5-11-31-16/h2-4,6,8-10,12,14,16,23H,5,7,11,13H2,1H3,(H,24,27)(H,25,28). The van der Waals surface area contributed by atoms with Gasteiger partial charge in [0.05, 0.1) is 16.6 Å². The van der Waals surface area contributed by atoms with Gasteiger partial charge in [-0.05, 0) is 37.1 Å². The third-order valence-electron chi connectivity index (χ3n) is 5.36. The Morgan fingerprint density at radius 2 is 1.88 bits per heavy atom. The molecule has 1 fully saturated rings. The van der Waals surface area contributed by atoms with Crippen LogP contribution < -0.4 is 15.6 Å². The fraction of sp³-hybridized carbons (Fsp3) is 0.273. The molecule has 2 amide bonds. The number of hydrogen-bond acceptors (Lipinski definition) is 5. The van der Waals surface area contributed by atoms with Crippen LogP contribution in [0.5, 0.6) is 0 Å². The highest BCUT2D eigenvalue weighted by Crippen LogP contribution is 2.20. The molecule has 0 saturated carbocycles. The first kappa shape index (κ1) is 22.0. The van der Waals surface area contributed by atoms with Crippen molar-refractivity contribution in [1.82, 2.24) is 20.1 Å². The van der Waals surface area contributed by atoms with E-state index in [4.69, 9.17) is 4.74 Å². The quantitative estimate of drug-likeness (QED) is 0.488. The minimum atomic E-state index is -3.80. The average Bonchev–Trinajstić information content (AvgIpc) is 3.44. The van der Waals surface area contributed by atoms with Gasteiger partial charge >= 0.3 is 0 Å². The third kappa shape index (κ3) is 4.67. The Kier molecular flexibility index (Phi) is 6.26. The van der Waals surface area contributed by atoms with E-state index in [0.29, 0.717) is 12.2 Å². The van der Waals surface area contributed by atoms with Crippen LogP contribution in [-0.4, -0.2) is 44.1 Å². The van der Waals surface area contributed by atoms with Gasteiger partial charge in [-0.25, -0.2) is 13.1 Å². The highest BCUT2D eigenvalue weighted by atomic mass is 32.2. The van der Waals surface area contributed by atoms with Crippen molar-refractivity contribution in [1.29, 1.82) is 0 Å². The summed E-state index contributed by atoms with van der Waals surface area (Å²) in [5, 5.41) is 0.757. The van der Waals surface area contributed by atoms with Gasteiger partial charge in [0, 0.05) is 42.9 Å². The van der Waals surface area contributed by atoms with Crippen LogP contribution in [0.2, 0.25) is 0 Å². The van der Waals surface area contributed by atoms with Gasteiger partial charge in [-0.15, -0.1) is 0 Å². The first-order chi connectivity index (χ1) is 15.3. The number of amides is 2. The van der Waals surface area contributed by atoms with Crippen LogP contribution >= 0.6 is 0 Å². The highest BCUT2D eigenvalue weighted by molar-refractivity contribution is 7.89. The number of fused-ring (bicyclic) bond motifs is 1. The molecule has 1 unspecified atom stereocenters. The Hall–Kier alpha value is -3.21. The van der Waals surface area contributed by atoms with Crippen LogP contribution in [0.3, 0.4) is 0 Å². The average molecular weight is 457 g/mol. The van der Waals surface area contributed by atoms with Crippen molar-refractivity contribution in [2.45, 2.75) is 23.8 Å². The summed E-state index contributed by atoms with van der Waals surface area (Å²) in [4.78, 5) is 25.1. The second kappa shape index (κ2) is 9.11. The zero-order valence-corrected chi connectivity index (χ0v) is 18.3. The second-order valence-electron chi connectivity index (χ2n) is 7.59. The molecule has 2 aromatic carbocycles. The molecule has 9 nitrogen and oxygen atoms in total. The molecule has 2 heterocycles. The van der Waals surface area contributed by atoms with Crippen molar-refractivity contribution in [3.8, 4) is 0 Å². The van der Waals surface area contributed by atoms with Gasteiger partial charge < -0.3 is 9.30 Å². The zero-order valence-electron chi connectivity index (χ0n) is 17.5. The number of para-hydroxylation sites is 1. The Bertz CT molecular complexity index is 1260. The molecule has 1 aliphatic rings. The van der Waals surface area contributed by atoms with Gasteiger partial charge in [0.2, 0.25) is 10.0 Å². The number of carbonyl (C=O) groups is 2. The second-order valence-corrected chi connectivity index (χ2v) is 9.36. The maximum atomic E-state index is 12.6. The molecule has 3 N–H and O–H groups in total. The number of hydrogen-bond donors (Lipinski definition) is 3. The fourth-order valence-corrected chi connectivity index (χ4v) is 4.78. The van der Waals surface area contributed by atoms with E-state index in [1.807, 2.05) is 35.9 Å². The molecule has 1 atom stereocenters. The van der Waals surface area contributed by atoms with Crippen molar-refractivity contribution in [3.63, 3.8) is 0 Å². The predicted octanol–water partition coefficient (Wildman–Crippen LogP) is 1.71. The number of benzene rings is 2. The summed E-state index contributed by atoms with van der Waals surface area (Å²) in [6, 6.07) is 13.0. The molecule has 0 spiro atoms. The largest absolute Gasteiger partial charge is 0.377 e. The molecular weight excluding hydrogens is 432 g/mol. The third-order valence-corrected chi connectivity index (χ3v) is 6.78. The van der Waals surface area contributed by atoms with Crippen molar-refractivity contribution < 1.29 is 22.7 Å². The maximum Gasteiger partial charge on any atom is 0.271 e. The van der Waals surface area contributed by atoms with Gasteiger partial charge in [0.1, 0.15) is 0 Å². The van der Waals surface area contributed by atoms with E-state index in [0.717, 1.165) is 23.7 Å². The molecule has 0 aliphatic carbocycles. The van der Waals surface area contributed by atoms with Crippen molar-refractivity contribution in [3.05, 3.63) is 65.9 Å². The number of nitrogens with zero attached hydrogens (tertiary/aromatic N) is 1. The van der Waals surface area contributed by atoms with Crippen LogP contribution in [0.25, 0.3) is 10.9 Å². The predicted molar refractivity (Wildman–Crippen MR) is 118 cm³/mol. The SMILES string of the molecule is Cn1cc(C(=O)NNC(=O)c2cccc(S(=O)(=O)NCC3CCCO3)c2)c2ccccc21. The highest BCUT2D eigenvalue weighted by Gasteiger charge is 2.21. The Morgan fingerprint density at radius 1 is 1.09 bits per heavy atom. The van der Waals surface area contributed by atoms with E-state index in [9.17, 15) is 18.0 Å². The molecule has 10 heteroatoms. The van der Waals surface area contributed by atoms with Crippen LogP contribution in [0.4, 0.5) is 0 Å². The minimum absolute atomic E-state index is 0.0384. The summed E-state index contributed by atoms with van der Waals surface area (Å²) in [6.45, 7) is 0.812. The Balaban J connectivity index is 1.41. The summed E-state index contributed by atoms with van der Waals surface area (Å²) < 4.78 is 34.9. The normalized spacial score (nSPS) is 16.2. The van der Waals surface area contributed by atoms with Gasteiger partial charge in [-0.2, -0.15) is 0 Å². The molecule has 3 aromatic rings. The smallest absolute Gasteiger partial charge is 0.271 e. The van der Waals surface area contributed by atoms with Crippen LogP contribution in [0.1, 0.15) is 33.6 Å². The monoisotopic (exact) mass is 456 g/mol. The van der Waals surface area contributed by atoms with Gasteiger partial charge in [0.15, 0.2) is 0 Å². The fourth-order valence-electron chi connectivity index (χ4n) is 3.67. The number of aromatic nitrogens is 1. The molecule has 0 bridgehead atoms. The Morgan fingerprint density at radius 3 is 2.66 bits per heavy atom. The zero-order chi connectivity index (χ0) is 22.7. The molecule has 0 radical (unpaired) electrons. The first-order valence-corrected chi connectivity index (χ1v) is 11.7. The Labute approximate surface area is 185 Å². The maximum absolute atomic E-state index is 12.6. The van der Waals surface area contributed by atoms with E-state index >= 15 is 0 Å². The van der Waals surface area contributed by atoms with E-state index in [2.05, 4.69) is 15.6 Å². The summed E-state index contributed by atoms with van der Waals surface area (Å²) >= 11 is 0. The lowest BCUT2D eigenvalue weighted by atomic mass is 10.2. The minimum Gasteiger partial charge on any atom is -0.377 e. The van der Waals surface area contributed by atoms with Gasteiger partial charge in [-0.1, -0.05) is 24.3 Å². The number of carbonyl (C=O) groups excluding carboxylic acids is 2. The summed E-state index contributed by atoms with van der Waals surface area (Å²) in [6.07, 6.45) is 3.26. The molecular formula is C22H24N4O5S. The summed E-state index contributed by atoms with van der Waals surface area (Å²) in [5.74, 6) is -1.10. The van der Waals surface area contributed by atoms with Crippen molar-refractivity contribution >= 4 is 32.7 Å². The van der Waals surface area contributed by atoms with E-state index < -0.39 is 21.8 Å². The molecule has 32 heavy (non-hydrogen) atoms. The first-order valence-electron chi connectivity index (χ1n) is 10.2. The lowest BCUT2D eigenvalue weighted by Crippen LogP contribution is -2.41. The van der Waals surface area contributed by atoms with Crippen molar-refractivity contribution in [2.24, 2.45) is 7.05 Å². The lowest BCUT2D eigenvalue weighted by Gasteiger charge is -2.12. The van der Waals surface area contributed by atoms with Crippen LogP contribution in [-0.2, 0) is 21.8 Å². The number of hydrazine groups is 1. The van der Waals surface area contributed by atoms with Crippen LogP contribution in [0, 0.1) is 0 Å². The topological polar surface area (TPSA) is 119 Å². The van der Waals surface area contributed by atoms with E-state index in [-0.39, 0.29) is 23.1 Å². The van der Waals surface area contributed by atoms with E-state index in [1.165, 1.54) is 24.3 Å². The number of rotatable bonds is 6. The van der Waals surface area contributed by atoms with Crippen molar-refractivity contribution in [2.75, 3.05) is 13.2 Å². The number of ether oxygens (including phenoxy) is 1. The number of nitrogens with one attached hydrogen (secondary N) is 3. The molecule has 4 rings (SSSR count). The summed E-state index contributed by atoms with van der Waals surface area (Å²) in [5.41, 5.74) is 6.13. The summed E-state index contributed by atoms with van der Waals surface area (Å²) in [7, 11) is -1.97. The van der Waals surface area contributed by atoms with E-state index in [1.54, 1.807) is 6.20 Å². The van der Waals surface area contributed by atoms with Gasteiger partial charge in [0.25, 0.3) is 11.8 Å². The number of aryl methyl sites for hydroxylation is 1. The molecule has 1 saturated heterocycles. The van der Waals surface area contributed by atoms with Gasteiger partial charge in [-0.3, -0.25) is 20.4 Å². The van der Waals surface area contributed by atoms with Crippen LogP contribution in [0.15, 0.2) is 59.6 Å². The molecule has 168 valence electrons. The lowest BCUT2D eigenvalue weighted by molar-refractivity contribution is 0.0847. The number of sulfonamides is 1.